The van der Waals surface area contributed by atoms with Crippen molar-refractivity contribution in [2.24, 2.45) is 0 Å². The molecule has 0 aromatic carbocycles. The molecule has 0 radical (unpaired) electrons. The highest BCUT2D eigenvalue weighted by molar-refractivity contribution is 5.67. The molecule has 4 nitrogen and oxygen atoms in total. The van der Waals surface area contributed by atoms with E-state index in [4.69, 9.17) is 9.47 Å². The minimum Gasteiger partial charge on any atom is -0.458 e. The Morgan fingerprint density at radius 1 is 0.938 bits per heavy atom. The van der Waals surface area contributed by atoms with Gasteiger partial charge in [0.2, 0.25) is 0 Å². The fourth-order valence-electron chi connectivity index (χ4n) is 2.21. The molecular weight excluding hydrogens is 208 g/mol. The average molecular weight is 224 g/mol. The van der Waals surface area contributed by atoms with Crippen LogP contribution in [0, 0.1) is 0 Å². The number of hydrogen-bond donors (Lipinski definition) is 0. The standard InChI is InChI=1S/C12H16O4/c1-7(13)15-11-5-3-9(11)10-4-6-12(10)16-8(2)14/h11-12H,3-6H2,1-2H3/b10-9+. The summed E-state index contributed by atoms with van der Waals surface area (Å²) in [6.45, 7) is 2.84. The third-order valence-electron chi connectivity index (χ3n) is 3.16. The Labute approximate surface area is 94.6 Å². The lowest BCUT2D eigenvalue weighted by Crippen LogP contribution is -2.36. The Morgan fingerprint density at radius 3 is 1.50 bits per heavy atom. The van der Waals surface area contributed by atoms with Crippen molar-refractivity contribution in [3.63, 3.8) is 0 Å². The molecule has 0 bridgehead atoms. The van der Waals surface area contributed by atoms with E-state index < -0.39 is 0 Å². The summed E-state index contributed by atoms with van der Waals surface area (Å²) in [5.74, 6) is -0.489. The van der Waals surface area contributed by atoms with Gasteiger partial charge in [0, 0.05) is 13.8 Å². The van der Waals surface area contributed by atoms with Crippen molar-refractivity contribution in [1.29, 1.82) is 0 Å². The Kier molecular flexibility index (Phi) is 2.99. The van der Waals surface area contributed by atoms with E-state index in [1.165, 1.54) is 25.0 Å². The van der Waals surface area contributed by atoms with Crippen LogP contribution >= 0.6 is 0 Å². The topological polar surface area (TPSA) is 52.6 Å². The van der Waals surface area contributed by atoms with Gasteiger partial charge in [-0.1, -0.05) is 0 Å². The highest BCUT2D eigenvalue weighted by atomic mass is 16.5. The second-order valence-electron chi connectivity index (χ2n) is 4.32. The summed E-state index contributed by atoms with van der Waals surface area (Å²) in [5, 5.41) is 0. The molecule has 0 amide bonds. The molecule has 0 aromatic heterocycles. The van der Waals surface area contributed by atoms with E-state index in [2.05, 4.69) is 0 Å². The highest BCUT2D eigenvalue weighted by Crippen LogP contribution is 2.41. The molecule has 0 saturated heterocycles. The second kappa shape index (κ2) is 4.28. The molecule has 2 rings (SSSR count). The maximum absolute atomic E-state index is 10.9. The zero-order valence-corrected chi connectivity index (χ0v) is 9.62. The lowest BCUT2D eigenvalue weighted by Gasteiger charge is -2.38. The Hall–Kier alpha value is -1.32. The molecule has 0 N–H and O–H groups in total. The zero-order valence-electron chi connectivity index (χ0n) is 9.62. The number of hydrogen-bond acceptors (Lipinski definition) is 4. The third kappa shape index (κ3) is 2.10. The molecule has 16 heavy (non-hydrogen) atoms. The van der Waals surface area contributed by atoms with E-state index in [1.807, 2.05) is 0 Å². The van der Waals surface area contributed by atoms with Crippen LogP contribution in [-0.2, 0) is 19.1 Å². The largest absolute Gasteiger partial charge is 0.458 e. The molecule has 88 valence electrons. The average Bonchev–Trinajstić information content (AvgIpc) is 2.15. The van der Waals surface area contributed by atoms with Gasteiger partial charge in [0.05, 0.1) is 0 Å². The van der Waals surface area contributed by atoms with Crippen molar-refractivity contribution in [1.82, 2.24) is 0 Å². The van der Waals surface area contributed by atoms with Gasteiger partial charge >= 0.3 is 11.9 Å². The van der Waals surface area contributed by atoms with Gasteiger partial charge in [-0.15, -0.1) is 0 Å². The monoisotopic (exact) mass is 224 g/mol. The molecule has 2 fully saturated rings. The van der Waals surface area contributed by atoms with Crippen LogP contribution in [0.2, 0.25) is 0 Å². The number of carbonyl (C=O) groups excluding carboxylic acids is 2. The highest BCUT2D eigenvalue weighted by Gasteiger charge is 2.37. The van der Waals surface area contributed by atoms with E-state index in [0.29, 0.717) is 0 Å². The van der Waals surface area contributed by atoms with Crippen LogP contribution < -0.4 is 0 Å². The first-order valence-electron chi connectivity index (χ1n) is 5.64. The van der Waals surface area contributed by atoms with Gasteiger partial charge in [-0.25, -0.2) is 0 Å². The van der Waals surface area contributed by atoms with Gasteiger partial charge in [0.1, 0.15) is 12.2 Å². The third-order valence-corrected chi connectivity index (χ3v) is 3.16. The molecule has 0 aromatic rings. The molecule has 4 heteroatoms. The van der Waals surface area contributed by atoms with Gasteiger partial charge < -0.3 is 9.47 Å². The molecule has 2 unspecified atom stereocenters. The Balaban J connectivity index is 1.99. The van der Waals surface area contributed by atoms with Crippen molar-refractivity contribution in [2.75, 3.05) is 0 Å². The Bertz CT molecular complexity index is 322. The maximum atomic E-state index is 10.9. The first-order chi connectivity index (χ1) is 7.58. The Morgan fingerprint density at radius 2 is 1.31 bits per heavy atom. The van der Waals surface area contributed by atoms with Gasteiger partial charge in [-0.2, -0.15) is 0 Å². The molecule has 0 heterocycles. The van der Waals surface area contributed by atoms with Crippen molar-refractivity contribution in [3.05, 3.63) is 11.1 Å². The summed E-state index contributed by atoms with van der Waals surface area (Å²) in [6.07, 6.45) is 3.59. The van der Waals surface area contributed by atoms with Crippen molar-refractivity contribution < 1.29 is 19.1 Å². The van der Waals surface area contributed by atoms with E-state index in [1.54, 1.807) is 0 Å². The van der Waals surface area contributed by atoms with Crippen molar-refractivity contribution in [3.8, 4) is 0 Å². The van der Waals surface area contributed by atoms with E-state index >= 15 is 0 Å². The summed E-state index contributed by atoms with van der Waals surface area (Å²) in [4.78, 5) is 21.7. The molecule has 2 atom stereocenters. The van der Waals surface area contributed by atoms with E-state index in [0.717, 1.165) is 25.7 Å². The zero-order chi connectivity index (χ0) is 11.7. The number of esters is 2. The minimum atomic E-state index is -0.244. The quantitative estimate of drug-likeness (QED) is 0.529. The molecule has 0 aliphatic heterocycles. The fraction of sp³-hybridized carbons (Fsp3) is 0.667. The first kappa shape index (κ1) is 11.2. The number of ether oxygens (including phenoxy) is 2. The normalized spacial score (nSPS) is 32.4. The predicted octanol–water partition coefficient (Wildman–Crippen LogP) is 1.73. The fourth-order valence-corrected chi connectivity index (χ4v) is 2.21. The van der Waals surface area contributed by atoms with Crippen LogP contribution in [-0.4, -0.2) is 24.1 Å². The van der Waals surface area contributed by atoms with Crippen molar-refractivity contribution in [2.45, 2.75) is 51.7 Å². The van der Waals surface area contributed by atoms with Crippen LogP contribution in [0.4, 0.5) is 0 Å². The smallest absolute Gasteiger partial charge is 0.303 e. The lowest BCUT2D eigenvalue weighted by molar-refractivity contribution is -0.149. The molecule has 2 aliphatic carbocycles. The summed E-state index contributed by atoms with van der Waals surface area (Å²) < 4.78 is 10.3. The minimum absolute atomic E-state index is 0.0640. The van der Waals surface area contributed by atoms with E-state index in [-0.39, 0.29) is 24.1 Å². The van der Waals surface area contributed by atoms with Gasteiger partial charge in [-0.05, 0) is 36.8 Å². The number of rotatable bonds is 2. The van der Waals surface area contributed by atoms with Crippen LogP contribution in [0.3, 0.4) is 0 Å². The molecule has 2 saturated carbocycles. The van der Waals surface area contributed by atoms with E-state index in [9.17, 15) is 9.59 Å². The lowest BCUT2D eigenvalue weighted by atomic mass is 9.75. The number of carbonyl (C=O) groups is 2. The predicted molar refractivity (Wildman–Crippen MR) is 56.6 cm³/mol. The first-order valence-corrected chi connectivity index (χ1v) is 5.64. The second-order valence-corrected chi connectivity index (χ2v) is 4.32. The van der Waals surface area contributed by atoms with Crippen LogP contribution in [0.1, 0.15) is 39.5 Å². The van der Waals surface area contributed by atoms with Crippen molar-refractivity contribution >= 4 is 11.9 Å². The van der Waals surface area contributed by atoms with Gasteiger partial charge in [-0.3, -0.25) is 9.59 Å². The molecule has 2 aliphatic rings. The summed E-state index contributed by atoms with van der Waals surface area (Å²) >= 11 is 0. The van der Waals surface area contributed by atoms with Gasteiger partial charge in [0.25, 0.3) is 0 Å². The van der Waals surface area contributed by atoms with Gasteiger partial charge in [0.15, 0.2) is 0 Å². The molecule has 0 spiro atoms. The SMILES string of the molecule is CC(=O)OC1CC/C1=C1/CCC1OC(C)=O. The summed E-state index contributed by atoms with van der Waals surface area (Å²) in [5.41, 5.74) is 2.35. The van der Waals surface area contributed by atoms with Crippen LogP contribution in [0.15, 0.2) is 11.1 Å². The summed E-state index contributed by atoms with van der Waals surface area (Å²) in [7, 11) is 0. The summed E-state index contributed by atoms with van der Waals surface area (Å²) in [6, 6.07) is 0. The van der Waals surface area contributed by atoms with Crippen LogP contribution in [0.5, 0.6) is 0 Å². The maximum Gasteiger partial charge on any atom is 0.303 e. The van der Waals surface area contributed by atoms with Crippen LogP contribution in [0.25, 0.3) is 0 Å². The molecular formula is C12H16O4.